The van der Waals surface area contributed by atoms with Crippen LogP contribution in [0.1, 0.15) is 41.9 Å². The van der Waals surface area contributed by atoms with Crippen molar-refractivity contribution in [1.29, 1.82) is 0 Å². The molecule has 1 atom stereocenters. The molecular formula is C15H17N5S. The zero-order valence-corrected chi connectivity index (χ0v) is 12.8. The fourth-order valence-corrected chi connectivity index (χ4v) is 3.36. The Morgan fingerprint density at radius 3 is 2.76 bits per heavy atom. The van der Waals surface area contributed by atoms with E-state index in [0.717, 1.165) is 27.0 Å². The summed E-state index contributed by atoms with van der Waals surface area (Å²) in [5.41, 5.74) is 5.88. The zero-order valence-electron chi connectivity index (χ0n) is 11.9. The number of hydrogen-bond donors (Lipinski definition) is 2. The highest BCUT2D eigenvalue weighted by atomic mass is 32.1. The van der Waals surface area contributed by atoms with Crippen molar-refractivity contribution in [2.24, 2.45) is 5.84 Å². The van der Waals surface area contributed by atoms with Gasteiger partial charge in [-0.1, -0.05) is 42.6 Å². The van der Waals surface area contributed by atoms with Crippen LogP contribution in [0.5, 0.6) is 0 Å². The standard InChI is InChI=1S/C15H17N5S/c1-9(2)12-15(21-20-19-12)14(18-16)11-7-3-5-10-6-4-8-17-13(10)11/h3-9,14,18H,16H2,1-2H3. The van der Waals surface area contributed by atoms with Crippen molar-refractivity contribution >= 4 is 22.4 Å². The summed E-state index contributed by atoms with van der Waals surface area (Å²) in [6.07, 6.45) is 1.80. The highest BCUT2D eigenvalue weighted by molar-refractivity contribution is 7.05. The molecule has 3 aromatic rings. The number of aromatic nitrogens is 3. The van der Waals surface area contributed by atoms with E-state index >= 15 is 0 Å². The lowest BCUT2D eigenvalue weighted by molar-refractivity contribution is 0.634. The van der Waals surface area contributed by atoms with Crippen molar-refractivity contribution in [3.8, 4) is 0 Å². The monoisotopic (exact) mass is 299 g/mol. The topological polar surface area (TPSA) is 76.7 Å². The van der Waals surface area contributed by atoms with Crippen LogP contribution in [-0.2, 0) is 0 Å². The molecule has 6 heteroatoms. The number of nitrogens with zero attached hydrogens (tertiary/aromatic N) is 3. The Bertz CT molecular complexity index is 747. The van der Waals surface area contributed by atoms with Crippen LogP contribution in [0.2, 0.25) is 0 Å². The SMILES string of the molecule is CC(C)c1nnsc1C(NN)c1cccc2cccnc12. The highest BCUT2D eigenvalue weighted by Crippen LogP contribution is 2.33. The summed E-state index contributed by atoms with van der Waals surface area (Å²) >= 11 is 1.38. The number of benzene rings is 1. The van der Waals surface area contributed by atoms with Crippen molar-refractivity contribution < 1.29 is 0 Å². The molecule has 1 unspecified atom stereocenters. The van der Waals surface area contributed by atoms with Crippen LogP contribution in [0, 0.1) is 0 Å². The van der Waals surface area contributed by atoms with E-state index in [1.165, 1.54) is 11.5 Å². The molecule has 0 radical (unpaired) electrons. The second-order valence-corrected chi connectivity index (χ2v) is 5.98. The molecule has 2 aromatic heterocycles. The summed E-state index contributed by atoms with van der Waals surface area (Å²) in [7, 11) is 0. The Hall–Kier alpha value is -1.89. The molecule has 3 N–H and O–H groups in total. The molecule has 0 saturated heterocycles. The number of fused-ring (bicyclic) bond motifs is 1. The Labute approximate surface area is 127 Å². The Kier molecular flexibility index (Phi) is 3.92. The number of nitrogens with two attached hydrogens (primary N) is 1. The fraction of sp³-hybridized carbons (Fsp3) is 0.267. The van der Waals surface area contributed by atoms with E-state index in [2.05, 4.69) is 33.8 Å². The van der Waals surface area contributed by atoms with Crippen molar-refractivity contribution in [3.05, 3.63) is 52.7 Å². The minimum atomic E-state index is -0.152. The molecule has 0 amide bonds. The quantitative estimate of drug-likeness (QED) is 0.572. The van der Waals surface area contributed by atoms with Gasteiger partial charge in [0.2, 0.25) is 0 Å². The highest BCUT2D eigenvalue weighted by Gasteiger charge is 2.23. The van der Waals surface area contributed by atoms with Crippen LogP contribution >= 0.6 is 11.5 Å². The predicted molar refractivity (Wildman–Crippen MR) is 84.9 cm³/mol. The average Bonchev–Trinajstić information content (AvgIpc) is 2.98. The Morgan fingerprint density at radius 1 is 1.19 bits per heavy atom. The largest absolute Gasteiger partial charge is 0.271 e. The van der Waals surface area contributed by atoms with Crippen LogP contribution in [0.3, 0.4) is 0 Å². The van der Waals surface area contributed by atoms with Gasteiger partial charge >= 0.3 is 0 Å². The van der Waals surface area contributed by atoms with E-state index in [1.807, 2.05) is 30.3 Å². The number of hydrogen-bond acceptors (Lipinski definition) is 6. The number of hydrazine groups is 1. The third-order valence-corrected chi connectivity index (χ3v) is 4.30. The summed E-state index contributed by atoms with van der Waals surface area (Å²) in [4.78, 5) is 5.55. The van der Waals surface area contributed by atoms with Crippen LogP contribution in [0.4, 0.5) is 0 Å². The molecule has 0 fully saturated rings. The van der Waals surface area contributed by atoms with Crippen LogP contribution in [-0.4, -0.2) is 14.6 Å². The maximum atomic E-state index is 5.83. The Balaban J connectivity index is 2.17. The molecule has 21 heavy (non-hydrogen) atoms. The average molecular weight is 299 g/mol. The van der Waals surface area contributed by atoms with E-state index in [0.29, 0.717) is 5.92 Å². The maximum absolute atomic E-state index is 5.83. The molecule has 0 aliphatic carbocycles. The van der Waals surface area contributed by atoms with E-state index < -0.39 is 0 Å². The first-order valence-electron chi connectivity index (χ1n) is 6.84. The maximum Gasteiger partial charge on any atom is 0.0858 e. The van der Waals surface area contributed by atoms with Crippen LogP contribution in [0.15, 0.2) is 36.5 Å². The third-order valence-electron chi connectivity index (χ3n) is 3.49. The molecule has 108 valence electrons. The van der Waals surface area contributed by atoms with Crippen LogP contribution < -0.4 is 11.3 Å². The van der Waals surface area contributed by atoms with Gasteiger partial charge in [-0.15, -0.1) is 5.10 Å². The van der Waals surface area contributed by atoms with Gasteiger partial charge in [-0.25, -0.2) is 5.43 Å². The number of pyridine rings is 1. The first-order chi connectivity index (χ1) is 10.2. The second kappa shape index (κ2) is 5.85. The molecule has 0 saturated carbocycles. The lowest BCUT2D eigenvalue weighted by Gasteiger charge is -2.18. The lowest BCUT2D eigenvalue weighted by atomic mass is 9.98. The van der Waals surface area contributed by atoms with E-state index in [1.54, 1.807) is 6.20 Å². The van der Waals surface area contributed by atoms with E-state index in [9.17, 15) is 0 Å². The van der Waals surface area contributed by atoms with Gasteiger partial charge in [0.1, 0.15) is 0 Å². The number of para-hydroxylation sites is 1. The molecule has 0 aliphatic heterocycles. The zero-order chi connectivity index (χ0) is 14.8. The lowest BCUT2D eigenvalue weighted by Crippen LogP contribution is -2.29. The Morgan fingerprint density at radius 2 is 2.00 bits per heavy atom. The summed E-state index contributed by atoms with van der Waals surface area (Å²) in [6.45, 7) is 4.21. The molecule has 3 rings (SSSR count). The summed E-state index contributed by atoms with van der Waals surface area (Å²) in [5, 5.41) is 5.34. The van der Waals surface area contributed by atoms with Crippen molar-refractivity contribution in [3.63, 3.8) is 0 Å². The van der Waals surface area contributed by atoms with Gasteiger partial charge in [-0.05, 0) is 23.5 Å². The van der Waals surface area contributed by atoms with Gasteiger partial charge in [0, 0.05) is 17.1 Å². The van der Waals surface area contributed by atoms with Gasteiger partial charge in [0.05, 0.1) is 22.1 Å². The first-order valence-corrected chi connectivity index (χ1v) is 7.61. The summed E-state index contributed by atoms with van der Waals surface area (Å²) < 4.78 is 4.09. The molecule has 5 nitrogen and oxygen atoms in total. The molecule has 0 spiro atoms. The van der Waals surface area contributed by atoms with E-state index in [-0.39, 0.29) is 6.04 Å². The molecular weight excluding hydrogens is 282 g/mol. The minimum absolute atomic E-state index is 0.152. The van der Waals surface area contributed by atoms with Gasteiger partial charge < -0.3 is 0 Å². The molecule has 0 aliphatic rings. The van der Waals surface area contributed by atoms with Crippen LogP contribution in [0.25, 0.3) is 10.9 Å². The summed E-state index contributed by atoms with van der Waals surface area (Å²) in [6, 6.07) is 9.95. The molecule has 2 heterocycles. The van der Waals surface area contributed by atoms with Gasteiger partial charge in [0.25, 0.3) is 0 Å². The normalized spacial score (nSPS) is 13.0. The third kappa shape index (κ3) is 2.53. The second-order valence-electron chi connectivity index (χ2n) is 5.20. The predicted octanol–water partition coefficient (Wildman–Crippen LogP) is 2.76. The smallest absolute Gasteiger partial charge is 0.0858 e. The van der Waals surface area contributed by atoms with Crippen molar-refractivity contribution in [1.82, 2.24) is 20.0 Å². The van der Waals surface area contributed by atoms with E-state index in [4.69, 9.17) is 5.84 Å². The fourth-order valence-electron chi connectivity index (χ4n) is 2.47. The summed E-state index contributed by atoms with van der Waals surface area (Å²) in [5.74, 6) is 6.13. The van der Waals surface area contributed by atoms with Crippen molar-refractivity contribution in [2.75, 3.05) is 0 Å². The molecule has 1 aromatic carbocycles. The minimum Gasteiger partial charge on any atom is -0.271 e. The van der Waals surface area contributed by atoms with Gasteiger partial charge in [0.15, 0.2) is 0 Å². The van der Waals surface area contributed by atoms with Crippen molar-refractivity contribution in [2.45, 2.75) is 25.8 Å². The molecule has 0 bridgehead atoms. The number of rotatable bonds is 4. The van der Waals surface area contributed by atoms with Gasteiger partial charge in [-0.2, -0.15) is 0 Å². The first kappa shape index (κ1) is 14.1. The number of nitrogens with one attached hydrogen (secondary N) is 1. The van der Waals surface area contributed by atoms with Gasteiger partial charge in [-0.3, -0.25) is 10.8 Å².